The molecule has 0 amide bonds. The second-order valence-corrected chi connectivity index (χ2v) is 6.14. The van der Waals surface area contributed by atoms with E-state index in [4.69, 9.17) is 11.1 Å². The number of nitrogens with one attached hydrogen (secondary N) is 1. The van der Waals surface area contributed by atoms with Gasteiger partial charge in [-0.1, -0.05) is 29.8 Å². The fraction of sp³-hybridized carbons (Fsp3) is 0.417. The van der Waals surface area contributed by atoms with Gasteiger partial charge in [0, 0.05) is 14.9 Å². The largest absolute Gasteiger partial charge is 0.384 e. The van der Waals surface area contributed by atoms with E-state index in [9.17, 15) is 0 Å². The van der Waals surface area contributed by atoms with Gasteiger partial charge < -0.3 is 5.73 Å². The summed E-state index contributed by atoms with van der Waals surface area (Å²) in [5, 5.41) is 7.52. The Balaban J connectivity index is 2.76. The lowest BCUT2D eigenvalue weighted by molar-refractivity contribution is 0.632. The van der Waals surface area contributed by atoms with E-state index in [0.29, 0.717) is 5.92 Å². The Morgan fingerprint density at radius 1 is 1.50 bits per heavy atom. The summed E-state index contributed by atoms with van der Waals surface area (Å²) in [6.07, 6.45) is 1.18. The summed E-state index contributed by atoms with van der Waals surface area (Å²) in [4.78, 5) is 1.09. The molecule has 3 N–H and O–H groups in total. The van der Waals surface area contributed by atoms with Gasteiger partial charge in [0.2, 0.25) is 0 Å². The van der Waals surface area contributed by atoms with Crippen molar-refractivity contribution in [1.29, 1.82) is 5.41 Å². The Kier molecular flexibility index (Phi) is 5.35. The average Bonchev–Trinajstić information content (AvgIpc) is 2.16. The highest BCUT2D eigenvalue weighted by Crippen LogP contribution is 2.27. The van der Waals surface area contributed by atoms with Crippen molar-refractivity contribution in [3.8, 4) is 0 Å². The van der Waals surface area contributed by atoms with Gasteiger partial charge in [0.1, 0.15) is 5.84 Å². The molecule has 1 aromatic rings. The fourth-order valence-corrected chi connectivity index (χ4v) is 3.11. The normalized spacial score (nSPS) is 10.8. The van der Waals surface area contributed by atoms with Crippen LogP contribution in [0.5, 0.6) is 0 Å². The number of hydrogen-bond donors (Lipinski definition) is 2. The average molecular weight is 301 g/mol. The van der Waals surface area contributed by atoms with Crippen molar-refractivity contribution in [1.82, 2.24) is 0 Å². The van der Waals surface area contributed by atoms with Gasteiger partial charge in [-0.3, -0.25) is 5.41 Å². The van der Waals surface area contributed by atoms with Gasteiger partial charge in [-0.2, -0.15) is 0 Å². The molecule has 0 aliphatic rings. The second kappa shape index (κ2) is 6.30. The summed E-state index contributed by atoms with van der Waals surface area (Å²) >= 11 is 5.21. The predicted octanol–water partition coefficient (Wildman–Crippen LogP) is 3.87. The maximum absolute atomic E-state index is 7.52. The Bertz CT molecular complexity index is 377. The molecule has 0 aromatic heterocycles. The molecule has 1 rings (SSSR count). The molecule has 0 heterocycles. The number of benzene rings is 1. The van der Waals surface area contributed by atoms with E-state index in [1.807, 2.05) is 18.2 Å². The molecule has 0 atom stereocenters. The molecule has 0 bridgehead atoms. The molecular weight excluding hydrogens is 284 g/mol. The van der Waals surface area contributed by atoms with Crippen molar-refractivity contribution in [2.45, 2.75) is 25.2 Å². The number of thioether (sulfide) groups is 1. The van der Waals surface area contributed by atoms with Gasteiger partial charge in [-0.15, -0.1) is 11.8 Å². The molecule has 0 fully saturated rings. The van der Waals surface area contributed by atoms with Crippen LogP contribution in [0.25, 0.3) is 0 Å². The zero-order chi connectivity index (χ0) is 12.1. The molecule has 0 aliphatic carbocycles. The minimum Gasteiger partial charge on any atom is -0.384 e. The third-order valence-electron chi connectivity index (χ3n) is 2.19. The maximum atomic E-state index is 7.52. The van der Waals surface area contributed by atoms with Crippen LogP contribution in [0.1, 0.15) is 25.8 Å². The third kappa shape index (κ3) is 4.18. The summed E-state index contributed by atoms with van der Waals surface area (Å²) in [7, 11) is 0. The van der Waals surface area contributed by atoms with Crippen molar-refractivity contribution >= 4 is 33.5 Å². The highest BCUT2D eigenvalue weighted by Gasteiger charge is 2.07. The Morgan fingerprint density at radius 2 is 2.19 bits per heavy atom. The summed E-state index contributed by atoms with van der Waals surface area (Å²) < 4.78 is 1.03. The van der Waals surface area contributed by atoms with E-state index in [1.54, 1.807) is 11.8 Å². The lowest BCUT2D eigenvalue weighted by atomic mass is 10.2. The minimum absolute atomic E-state index is 0.138. The minimum atomic E-state index is 0.138. The van der Waals surface area contributed by atoms with Gasteiger partial charge in [0.05, 0.1) is 0 Å². The first-order chi connectivity index (χ1) is 7.50. The van der Waals surface area contributed by atoms with Gasteiger partial charge in [0.25, 0.3) is 0 Å². The number of nitrogen functional groups attached to an aromatic ring is 1. The van der Waals surface area contributed by atoms with Crippen LogP contribution >= 0.6 is 27.7 Å². The highest BCUT2D eigenvalue weighted by molar-refractivity contribution is 9.10. The lowest BCUT2D eigenvalue weighted by Gasteiger charge is -2.09. The van der Waals surface area contributed by atoms with E-state index in [0.717, 1.165) is 20.7 Å². The number of hydrogen-bond acceptors (Lipinski definition) is 2. The Morgan fingerprint density at radius 3 is 2.75 bits per heavy atom. The van der Waals surface area contributed by atoms with Crippen LogP contribution in [0.4, 0.5) is 0 Å². The zero-order valence-electron chi connectivity index (χ0n) is 9.59. The van der Waals surface area contributed by atoms with Gasteiger partial charge in [0.15, 0.2) is 0 Å². The van der Waals surface area contributed by atoms with E-state index in [2.05, 4.69) is 29.8 Å². The van der Waals surface area contributed by atoms with Crippen molar-refractivity contribution in [3.63, 3.8) is 0 Å². The maximum Gasteiger partial charge on any atom is 0.123 e. The number of nitrogens with two attached hydrogens (primary N) is 1. The first-order valence-corrected chi connectivity index (χ1v) is 7.05. The summed E-state index contributed by atoms with van der Waals surface area (Å²) in [5.74, 6) is 1.91. The molecule has 0 radical (unpaired) electrons. The van der Waals surface area contributed by atoms with Crippen LogP contribution in [0.15, 0.2) is 27.6 Å². The van der Waals surface area contributed by atoms with Crippen LogP contribution in [-0.4, -0.2) is 11.6 Å². The van der Waals surface area contributed by atoms with E-state index < -0.39 is 0 Å². The summed E-state index contributed by atoms with van der Waals surface area (Å²) in [6, 6.07) is 5.84. The summed E-state index contributed by atoms with van der Waals surface area (Å²) in [5.41, 5.74) is 6.38. The van der Waals surface area contributed by atoms with E-state index in [-0.39, 0.29) is 5.84 Å². The molecule has 1 aromatic carbocycles. The van der Waals surface area contributed by atoms with Crippen LogP contribution < -0.4 is 5.73 Å². The quantitative estimate of drug-likeness (QED) is 0.493. The van der Waals surface area contributed by atoms with Crippen LogP contribution in [0, 0.1) is 11.3 Å². The Hall–Kier alpha value is -0.480. The van der Waals surface area contributed by atoms with E-state index >= 15 is 0 Å². The smallest absolute Gasteiger partial charge is 0.123 e. The first kappa shape index (κ1) is 13.6. The number of halogens is 1. The lowest BCUT2D eigenvalue weighted by Crippen LogP contribution is -2.12. The highest BCUT2D eigenvalue weighted by atomic mass is 79.9. The van der Waals surface area contributed by atoms with Crippen molar-refractivity contribution in [2.75, 3.05) is 5.75 Å². The molecule has 0 unspecified atom stereocenters. The molecule has 88 valence electrons. The summed E-state index contributed by atoms with van der Waals surface area (Å²) in [6.45, 7) is 4.43. The predicted molar refractivity (Wildman–Crippen MR) is 75.3 cm³/mol. The van der Waals surface area contributed by atoms with E-state index in [1.165, 1.54) is 6.42 Å². The topological polar surface area (TPSA) is 49.9 Å². The SMILES string of the molecule is CC(C)CCSc1cc(Br)ccc1C(=N)N. The van der Waals surface area contributed by atoms with Crippen molar-refractivity contribution in [3.05, 3.63) is 28.2 Å². The molecule has 4 heteroatoms. The molecule has 0 saturated carbocycles. The number of rotatable bonds is 5. The fourth-order valence-electron chi connectivity index (χ4n) is 1.24. The molecular formula is C12H17BrN2S. The standard InChI is InChI=1S/C12H17BrN2S/c1-8(2)5-6-16-11-7-9(13)3-4-10(11)12(14)15/h3-4,7-8H,5-6H2,1-2H3,(H3,14,15). The Labute approximate surface area is 110 Å². The van der Waals surface area contributed by atoms with Crippen molar-refractivity contribution in [2.24, 2.45) is 11.7 Å². The molecule has 0 aliphatic heterocycles. The molecule has 0 spiro atoms. The molecule has 0 saturated heterocycles. The van der Waals surface area contributed by atoms with Gasteiger partial charge in [-0.25, -0.2) is 0 Å². The van der Waals surface area contributed by atoms with Crippen LogP contribution in [0.3, 0.4) is 0 Å². The zero-order valence-corrected chi connectivity index (χ0v) is 12.0. The van der Waals surface area contributed by atoms with Crippen molar-refractivity contribution < 1.29 is 0 Å². The van der Waals surface area contributed by atoms with Gasteiger partial charge in [-0.05, 0) is 36.3 Å². The molecule has 2 nitrogen and oxygen atoms in total. The van der Waals surface area contributed by atoms with Crippen LogP contribution in [-0.2, 0) is 0 Å². The third-order valence-corrected chi connectivity index (χ3v) is 3.77. The first-order valence-electron chi connectivity index (χ1n) is 5.27. The molecule has 16 heavy (non-hydrogen) atoms. The number of amidine groups is 1. The monoisotopic (exact) mass is 300 g/mol. The van der Waals surface area contributed by atoms with Crippen LogP contribution in [0.2, 0.25) is 0 Å². The second-order valence-electron chi connectivity index (χ2n) is 4.09. The van der Waals surface area contributed by atoms with Gasteiger partial charge >= 0.3 is 0 Å².